The summed E-state index contributed by atoms with van der Waals surface area (Å²) in [5.74, 6) is 0.335. The summed E-state index contributed by atoms with van der Waals surface area (Å²) in [6, 6.07) is 8.00. The molecule has 0 aliphatic carbocycles. The molecule has 0 saturated carbocycles. The summed E-state index contributed by atoms with van der Waals surface area (Å²) in [4.78, 5) is 12.9. The van der Waals surface area contributed by atoms with Gasteiger partial charge in [0.1, 0.15) is 0 Å². The maximum absolute atomic E-state index is 11.8. The quantitative estimate of drug-likeness (QED) is 0.778. The molecule has 1 amide bonds. The number of amides is 1. The van der Waals surface area contributed by atoms with Gasteiger partial charge < -0.3 is 10.4 Å². The van der Waals surface area contributed by atoms with Crippen molar-refractivity contribution in [3.8, 4) is 0 Å². The minimum absolute atomic E-state index is 0.0374. The SMILES string of the molecule is CCC(C)(CO)NC(=O)CSc1ccccc1C. The van der Waals surface area contributed by atoms with Gasteiger partial charge in [-0.3, -0.25) is 4.79 Å². The van der Waals surface area contributed by atoms with E-state index in [9.17, 15) is 9.90 Å². The summed E-state index contributed by atoms with van der Waals surface area (Å²) < 4.78 is 0. The molecule has 18 heavy (non-hydrogen) atoms. The lowest BCUT2D eigenvalue weighted by Gasteiger charge is -2.27. The van der Waals surface area contributed by atoms with Crippen LogP contribution in [0.25, 0.3) is 0 Å². The van der Waals surface area contributed by atoms with Crippen LogP contribution in [0.2, 0.25) is 0 Å². The molecule has 1 unspecified atom stereocenters. The van der Waals surface area contributed by atoms with Crippen LogP contribution in [0.15, 0.2) is 29.2 Å². The van der Waals surface area contributed by atoms with Gasteiger partial charge in [-0.05, 0) is 31.9 Å². The van der Waals surface area contributed by atoms with Gasteiger partial charge in [-0.15, -0.1) is 11.8 Å². The van der Waals surface area contributed by atoms with Gasteiger partial charge in [0.15, 0.2) is 0 Å². The Bertz CT molecular complexity index is 403. The summed E-state index contributed by atoms with van der Waals surface area (Å²) in [6.45, 7) is 5.79. The van der Waals surface area contributed by atoms with Gasteiger partial charge in [-0.2, -0.15) is 0 Å². The molecule has 0 bridgehead atoms. The highest BCUT2D eigenvalue weighted by molar-refractivity contribution is 8.00. The lowest BCUT2D eigenvalue weighted by atomic mass is 10.0. The molecule has 0 radical (unpaired) electrons. The van der Waals surface area contributed by atoms with Gasteiger partial charge in [0.25, 0.3) is 0 Å². The van der Waals surface area contributed by atoms with E-state index in [1.807, 2.05) is 45.0 Å². The van der Waals surface area contributed by atoms with Crippen molar-refractivity contribution in [2.75, 3.05) is 12.4 Å². The minimum Gasteiger partial charge on any atom is -0.394 e. The summed E-state index contributed by atoms with van der Waals surface area (Å²) in [5.41, 5.74) is 0.666. The molecule has 4 heteroatoms. The summed E-state index contributed by atoms with van der Waals surface area (Å²) in [5, 5.41) is 12.1. The first-order valence-corrected chi connectivity index (χ1v) is 7.09. The fourth-order valence-electron chi connectivity index (χ4n) is 1.47. The van der Waals surface area contributed by atoms with Crippen molar-refractivity contribution in [2.45, 2.75) is 37.6 Å². The van der Waals surface area contributed by atoms with E-state index < -0.39 is 5.54 Å². The number of thioether (sulfide) groups is 1. The van der Waals surface area contributed by atoms with Crippen molar-refractivity contribution in [2.24, 2.45) is 0 Å². The predicted molar refractivity (Wildman–Crippen MR) is 75.8 cm³/mol. The van der Waals surface area contributed by atoms with Gasteiger partial charge in [-0.1, -0.05) is 25.1 Å². The number of carbonyl (C=O) groups excluding carboxylic acids is 1. The molecule has 0 fully saturated rings. The molecule has 0 saturated heterocycles. The number of aliphatic hydroxyl groups excluding tert-OH is 1. The van der Waals surface area contributed by atoms with Crippen LogP contribution in [0.4, 0.5) is 0 Å². The van der Waals surface area contributed by atoms with E-state index in [1.54, 1.807) is 0 Å². The highest BCUT2D eigenvalue weighted by Gasteiger charge is 2.22. The van der Waals surface area contributed by atoms with E-state index in [0.717, 1.165) is 4.90 Å². The van der Waals surface area contributed by atoms with Gasteiger partial charge in [0.05, 0.1) is 17.9 Å². The molecule has 1 aromatic carbocycles. The number of nitrogens with one attached hydrogen (secondary N) is 1. The molecule has 0 heterocycles. The standard InChI is InChI=1S/C14H21NO2S/c1-4-14(3,10-16)15-13(17)9-18-12-8-6-5-7-11(12)2/h5-8,16H,4,9-10H2,1-3H3,(H,15,17). The van der Waals surface area contributed by atoms with E-state index in [4.69, 9.17) is 0 Å². The Kier molecular flexibility index (Phi) is 5.69. The van der Waals surface area contributed by atoms with Gasteiger partial charge >= 0.3 is 0 Å². The van der Waals surface area contributed by atoms with E-state index in [0.29, 0.717) is 12.2 Å². The molecule has 1 rings (SSSR count). The number of carbonyl (C=O) groups is 1. The second-order valence-electron chi connectivity index (χ2n) is 4.67. The maximum Gasteiger partial charge on any atom is 0.230 e. The van der Waals surface area contributed by atoms with Gasteiger partial charge in [0.2, 0.25) is 5.91 Å². The topological polar surface area (TPSA) is 49.3 Å². The van der Waals surface area contributed by atoms with E-state index >= 15 is 0 Å². The van der Waals surface area contributed by atoms with Crippen LogP contribution >= 0.6 is 11.8 Å². The Morgan fingerprint density at radius 1 is 1.44 bits per heavy atom. The number of aryl methyl sites for hydroxylation is 1. The molecule has 0 spiro atoms. The van der Waals surface area contributed by atoms with Crippen molar-refractivity contribution in [3.63, 3.8) is 0 Å². The van der Waals surface area contributed by atoms with Crippen molar-refractivity contribution in [3.05, 3.63) is 29.8 Å². The smallest absolute Gasteiger partial charge is 0.230 e. The fraction of sp³-hybridized carbons (Fsp3) is 0.500. The van der Waals surface area contributed by atoms with Crippen LogP contribution < -0.4 is 5.32 Å². The lowest BCUT2D eigenvalue weighted by Crippen LogP contribution is -2.49. The third-order valence-corrected chi connectivity index (χ3v) is 4.20. The number of benzene rings is 1. The Labute approximate surface area is 113 Å². The first-order chi connectivity index (χ1) is 8.50. The molecule has 100 valence electrons. The second kappa shape index (κ2) is 6.81. The van der Waals surface area contributed by atoms with Crippen molar-refractivity contribution in [1.29, 1.82) is 0 Å². The van der Waals surface area contributed by atoms with Crippen LogP contribution in [-0.4, -0.2) is 28.9 Å². The second-order valence-corrected chi connectivity index (χ2v) is 5.69. The highest BCUT2D eigenvalue weighted by atomic mass is 32.2. The molecule has 3 nitrogen and oxygen atoms in total. The van der Waals surface area contributed by atoms with Crippen LogP contribution in [-0.2, 0) is 4.79 Å². The maximum atomic E-state index is 11.8. The molecule has 0 aliphatic heterocycles. The molecule has 0 aliphatic rings. The number of rotatable bonds is 6. The van der Waals surface area contributed by atoms with Crippen molar-refractivity contribution >= 4 is 17.7 Å². The summed E-state index contributed by atoms with van der Waals surface area (Å²) in [7, 11) is 0. The Hall–Kier alpha value is -1.00. The van der Waals surface area contributed by atoms with E-state index in [-0.39, 0.29) is 12.5 Å². The third kappa shape index (κ3) is 4.35. The largest absolute Gasteiger partial charge is 0.394 e. The first-order valence-electron chi connectivity index (χ1n) is 6.11. The average Bonchev–Trinajstić information content (AvgIpc) is 2.37. The van der Waals surface area contributed by atoms with Crippen LogP contribution in [0.1, 0.15) is 25.8 Å². The Morgan fingerprint density at radius 2 is 2.11 bits per heavy atom. The molecular formula is C14H21NO2S. The van der Waals surface area contributed by atoms with E-state index in [2.05, 4.69) is 5.32 Å². The molecule has 1 atom stereocenters. The third-order valence-electron chi connectivity index (χ3n) is 3.02. The fourth-order valence-corrected chi connectivity index (χ4v) is 2.30. The number of hydrogen-bond acceptors (Lipinski definition) is 3. The summed E-state index contributed by atoms with van der Waals surface area (Å²) >= 11 is 1.52. The molecule has 2 N–H and O–H groups in total. The van der Waals surface area contributed by atoms with Crippen LogP contribution in [0.5, 0.6) is 0 Å². The highest BCUT2D eigenvalue weighted by Crippen LogP contribution is 2.21. The first kappa shape index (κ1) is 15.1. The van der Waals surface area contributed by atoms with Crippen LogP contribution in [0, 0.1) is 6.92 Å². The van der Waals surface area contributed by atoms with Crippen molar-refractivity contribution < 1.29 is 9.90 Å². The number of aliphatic hydroxyl groups is 1. The lowest BCUT2D eigenvalue weighted by molar-refractivity contribution is -0.120. The minimum atomic E-state index is -0.511. The normalized spacial score (nSPS) is 14.0. The predicted octanol–water partition coefficient (Wildman–Crippen LogP) is 2.36. The molecule has 0 aromatic heterocycles. The zero-order valence-corrected chi connectivity index (χ0v) is 12.0. The van der Waals surface area contributed by atoms with Gasteiger partial charge in [-0.25, -0.2) is 0 Å². The monoisotopic (exact) mass is 267 g/mol. The van der Waals surface area contributed by atoms with Gasteiger partial charge in [0, 0.05) is 4.90 Å². The Balaban J connectivity index is 2.50. The van der Waals surface area contributed by atoms with E-state index in [1.165, 1.54) is 17.3 Å². The average molecular weight is 267 g/mol. The van der Waals surface area contributed by atoms with Crippen LogP contribution in [0.3, 0.4) is 0 Å². The van der Waals surface area contributed by atoms with Crippen molar-refractivity contribution in [1.82, 2.24) is 5.32 Å². The Morgan fingerprint density at radius 3 is 2.67 bits per heavy atom. The molecular weight excluding hydrogens is 246 g/mol. The molecule has 1 aromatic rings. The zero-order valence-electron chi connectivity index (χ0n) is 11.2. The zero-order chi connectivity index (χ0) is 13.6. The number of hydrogen-bond donors (Lipinski definition) is 2. The summed E-state index contributed by atoms with van der Waals surface area (Å²) in [6.07, 6.45) is 0.713.